The highest BCUT2D eigenvalue weighted by atomic mass is 19.1. The molecule has 3 heterocycles. The van der Waals surface area contributed by atoms with Gasteiger partial charge in [-0.05, 0) is 37.8 Å². The maximum atomic E-state index is 13.9. The van der Waals surface area contributed by atoms with Gasteiger partial charge in [0.1, 0.15) is 11.4 Å². The van der Waals surface area contributed by atoms with Gasteiger partial charge in [-0.1, -0.05) is 18.2 Å². The number of esters is 1. The lowest BCUT2D eigenvalue weighted by molar-refractivity contribution is -0.122. The summed E-state index contributed by atoms with van der Waals surface area (Å²) in [4.78, 5) is 37.2. The van der Waals surface area contributed by atoms with Crippen LogP contribution in [0.3, 0.4) is 0 Å². The van der Waals surface area contributed by atoms with Gasteiger partial charge in [0.2, 0.25) is 11.9 Å². The van der Waals surface area contributed by atoms with Gasteiger partial charge in [-0.25, -0.2) is 19.2 Å². The van der Waals surface area contributed by atoms with Crippen LogP contribution < -0.4 is 5.32 Å². The number of fused-ring (bicyclic) bond motifs is 2. The fourth-order valence-electron chi connectivity index (χ4n) is 4.40. The first-order valence-electron chi connectivity index (χ1n) is 10.1. The summed E-state index contributed by atoms with van der Waals surface area (Å²) in [6.07, 6.45) is 8.46. The number of pyridine rings is 1. The summed E-state index contributed by atoms with van der Waals surface area (Å²) < 4.78 is 19.6. The summed E-state index contributed by atoms with van der Waals surface area (Å²) in [5, 5.41) is 2.74. The van der Waals surface area contributed by atoms with Gasteiger partial charge in [0.05, 0.1) is 5.56 Å². The van der Waals surface area contributed by atoms with Gasteiger partial charge in [0.25, 0.3) is 0 Å². The number of nitrogens with one attached hydrogen (secondary N) is 1. The van der Waals surface area contributed by atoms with Crippen LogP contribution in [0.1, 0.15) is 41.6 Å². The first-order valence-corrected chi connectivity index (χ1v) is 10.1. The fraction of sp³-hybridized carbons (Fsp3) is 0.261. The zero-order chi connectivity index (χ0) is 21.4. The van der Waals surface area contributed by atoms with E-state index in [1.165, 1.54) is 24.7 Å². The van der Waals surface area contributed by atoms with Crippen molar-refractivity contribution in [3.63, 3.8) is 0 Å². The van der Waals surface area contributed by atoms with E-state index in [9.17, 15) is 14.0 Å². The molecule has 3 aromatic rings. The van der Waals surface area contributed by atoms with Crippen LogP contribution in [-0.4, -0.2) is 26.8 Å². The Labute approximate surface area is 177 Å². The number of hydrogen-bond acceptors (Lipinski definition) is 6. The maximum Gasteiger partial charge on any atom is 0.341 e. The Morgan fingerprint density at radius 2 is 1.81 bits per heavy atom. The number of halogens is 1. The molecule has 1 amide bonds. The average Bonchev–Trinajstić information content (AvgIpc) is 3.07. The first kappa shape index (κ1) is 19.3. The Bertz CT molecular complexity index is 1160. The van der Waals surface area contributed by atoms with E-state index in [1.54, 1.807) is 24.4 Å². The molecule has 1 saturated carbocycles. The molecule has 1 N–H and O–H groups in total. The molecule has 1 aliphatic carbocycles. The molecule has 2 aromatic heterocycles. The van der Waals surface area contributed by atoms with Gasteiger partial charge in [-0.15, -0.1) is 0 Å². The third-order valence-electron chi connectivity index (χ3n) is 6.06. The van der Waals surface area contributed by atoms with Crippen molar-refractivity contribution in [2.45, 2.75) is 31.3 Å². The maximum absolute atomic E-state index is 13.9. The molecule has 31 heavy (non-hydrogen) atoms. The Kier molecular flexibility index (Phi) is 4.69. The van der Waals surface area contributed by atoms with Crippen molar-refractivity contribution in [2.24, 2.45) is 5.92 Å². The molecule has 0 saturated heterocycles. The summed E-state index contributed by atoms with van der Waals surface area (Å²) in [6.45, 7) is 0. The van der Waals surface area contributed by atoms with E-state index in [0.717, 1.165) is 5.56 Å². The molecule has 1 aromatic carbocycles. The van der Waals surface area contributed by atoms with Crippen molar-refractivity contribution in [3.8, 4) is 11.1 Å². The van der Waals surface area contributed by atoms with Crippen LogP contribution in [0, 0.1) is 11.7 Å². The molecule has 8 heteroatoms. The largest absolute Gasteiger partial charge is 0.451 e. The Morgan fingerprint density at radius 3 is 2.55 bits per heavy atom. The molecule has 1 fully saturated rings. The second kappa shape index (κ2) is 7.54. The topological polar surface area (TPSA) is 94.1 Å². The molecule has 156 valence electrons. The number of ether oxygens (including phenoxy) is 1. The Balaban J connectivity index is 1.24. The summed E-state index contributed by atoms with van der Waals surface area (Å²) >= 11 is 0. The molecular weight excluding hydrogens is 398 g/mol. The minimum atomic E-state index is -0.663. The normalized spacial score (nSPS) is 22.1. The smallest absolute Gasteiger partial charge is 0.341 e. The molecular formula is C23H19FN4O3. The lowest BCUT2D eigenvalue weighted by atomic mass is 9.74. The van der Waals surface area contributed by atoms with Crippen LogP contribution in [0.25, 0.3) is 11.1 Å². The van der Waals surface area contributed by atoms with Crippen LogP contribution in [-0.2, 0) is 15.1 Å². The molecule has 0 unspecified atom stereocenters. The molecule has 0 radical (unpaired) electrons. The number of aromatic nitrogens is 3. The number of carbonyl (C=O) groups excluding carboxylic acids is 2. The Hall–Kier alpha value is -3.68. The highest BCUT2D eigenvalue weighted by Crippen LogP contribution is 2.47. The standard InChI is InChI=1S/C23H19FN4O3/c24-19-4-2-1-3-16(19)15-11-26-22(27-12-15)28-20(29)14-5-8-23(9-6-14)18-7-10-25-13-17(18)21(30)31-23/h1-4,7,10-14H,5-6,8-9H2,(H,26,27,28,29)/i21-1. The number of anilines is 1. The van der Waals surface area contributed by atoms with Gasteiger partial charge < -0.3 is 4.74 Å². The minimum absolute atomic E-state index is 0.173. The van der Waals surface area contributed by atoms with E-state index in [1.807, 2.05) is 6.07 Å². The van der Waals surface area contributed by atoms with Gasteiger partial charge in [0, 0.05) is 47.4 Å². The monoisotopic (exact) mass is 417 g/mol. The summed E-state index contributed by atoms with van der Waals surface area (Å²) in [6, 6.07) is 8.20. The second-order valence-electron chi connectivity index (χ2n) is 7.84. The van der Waals surface area contributed by atoms with E-state index in [4.69, 9.17) is 4.74 Å². The SMILES string of the molecule is O=C(Nc1ncc(-c2ccccc2F)cn1)C1CCC2(CC1)O[11C](=O)c1cnccc12. The van der Waals surface area contributed by atoms with E-state index < -0.39 is 5.60 Å². The zero-order valence-electron chi connectivity index (χ0n) is 16.5. The van der Waals surface area contributed by atoms with Crippen molar-refractivity contribution in [1.29, 1.82) is 0 Å². The van der Waals surface area contributed by atoms with Crippen LogP contribution >= 0.6 is 0 Å². The van der Waals surface area contributed by atoms with Gasteiger partial charge in [-0.3, -0.25) is 15.1 Å². The van der Waals surface area contributed by atoms with Gasteiger partial charge in [-0.2, -0.15) is 0 Å². The molecule has 0 bridgehead atoms. The third-order valence-corrected chi connectivity index (χ3v) is 6.06. The van der Waals surface area contributed by atoms with Crippen molar-refractivity contribution in [3.05, 3.63) is 72.1 Å². The summed E-state index contributed by atoms with van der Waals surface area (Å²) in [7, 11) is 0. The quantitative estimate of drug-likeness (QED) is 0.650. The second-order valence-corrected chi connectivity index (χ2v) is 7.84. The lowest BCUT2D eigenvalue weighted by Crippen LogP contribution is -2.36. The average molecular weight is 417 g/mol. The minimum Gasteiger partial charge on any atom is -0.451 e. The van der Waals surface area contributed by atoms with Crippen LogP contribution in [0.4, 0.5) is 10.3 Å². The van der Waals surface area contributed by atoms with Crippen molar-refractivity contribution < 1.29 is 18.7 Å². The number of rotatable bonds is 3. The van der Waals surface area contributed by atoms with E-state index in [-0.39, 0.29) is 29.6 Å². The van der Waals surface area contributed by atoms with Crippen LogP contribution in [0.5, 0.6) is 0 Å². The highest BCUT2D eigenvalue weighted by molar-refractivity contribution is 5.94. The molecule has 2 aliphatic rings. The van der Waals surface area contributed by atoms with E-state index >= 15 is 0 Å². The number of hydrogen-bond donors (Lipinski definition) is 1. The Morgan fingerprint density at radius 1 is 1.06 bits per heavy atom. The van der Waals surface area contributed by atoms with Gasteiger partial charge >= 0.3 is 5.97 Å². The third kappa shape index (κ3) is 3.43. The zero-order valence-corrected chi connectivity index (χ0v) is 16.5. The van der Waals surface area contributed by atoms with Crippen molar-refractivity contribution in [2.75, 3.05) is 5.32 Å². The molecule has 0 atom stereocenters. The predicted molar refractivity (Wildman–Crippen MR) is 109 cm³/mol. The summed E-state index contributed by atoms with van der Waals surface area (Å²) in [5.41, 5.74) is 1.64. The lowest BCUT2D eigenvalue weighted by Gasteiger charge is -2.35. The number of benzene rings is 1. The van der Waals surface area contributed by atoms with Crippen LogP contribution in [0.2, 0.25) is 0 Å². The fourth-order valence-corrected chi connectivity index (χ4v) is 4.40. The molecule has 7 nitrogen and oxygen atoms in total. The summed E-state index contributed by atoms with van der Waals surface area (Å²) in [5.74, 6) is -0.940. The number of carbonyl (C=O) groups is 2. The molecule has 1 spiro atoms. The highest BCUT2D eigenvalue weighted by Gasteiger charge is 2.48. The van der Waals surface area contributed by atoms with Gasteiger partial charge in [0.15, 0.2) is 0 Å². The van der Waals surface area contributed by atoms with Crippen molar-refractivity contribution in [1.82, 2.24) is 15.0 Å². The van der Waals surface area contributed by atoms with E-state index in [2.05, 4.69) is 20.3 Å². The van der Waals surface area contributed by atoms with E-state index in [0.29, 0.717) is 42.4 Å². The first-order chi connectivity index (χ1) is 15.1. The number of nitrogens with zero attached hydrogens (tertiary/aromatic N) is 3. The van der Waals surface area contributed by atoms with Crippen molar-refractivity contribution >= 4 is 17.8 Å². The predicted octanol–water partition coefficient (Wildman–Crippen LogP) is 3.87. The molecule has 1 aliphatic heterocycles. The van der Waals surface area contributed by atoms with Crippen LogP contribution in [0.15, 0.2) is 55.1 Å². The molecule has 5 rings (SSSR count). The number of amides is 1.